The van der Waals surface area contributed by atoms with Crippen molar-refractivity contribution in [3.63, 3.8) is 0 Å². The molecule has 2 bridgehead atoms. The van der Waals surface area contributed by atoms with E-state index in [4.69, 9.17) is 9.47 Å². The second kappa shape index (κ2) is 11.5. The maximum absolute atomic E-state index is 14.0. The van der Waals surface area contributed by atoms with Gasteiger partial charge in [-0.1, -0.05) is 39.0 Å². The van der Waals surface area contributed by atoms with Crippen molar-refractivity contribution in [2.45, 2.75) is 65.8 Å². The van der Waals surface area contributed by atoms with Crippen molar-refractivity contribution >= 4 is 28.5 Å². The first kappa shape index (κ1) is 27.9. The van der Waals surface area contributed by atoms with Crippen LogP contribution in [0.1, 0.15) is 75.2 Å². The number of amides is 1. The number of hydrogen-bond donors (Lipinski definition) is 1. The number of aromatic nitrogens is 1. The molecule has 2 fully saturated rings. The molecular weight excluding hydrogens is 504 g/mol. The average molecular weight is 545 g/mol. The zero-order valence-corrected chi connectivity index (χ0v) is 24.0. The monoisotopic (exact) mass is 544 g/mol. The summed E-state index contributed by atoms with van der Waals surface area (Å²) < 4.78 is 12.2. The van der Waals surface area contributed by atoms with E-state index in [1.165, 1.54) is 12.8 Å². The Morgan fingerprint density at radius 1 is 1.02 bits per heavy atom. The predicted molar refractivity (Wildman–Crippen MR) is 157 cm³/mol. The molecule has 2 aromatic carbocycles. The van der Waals surface area contributed by atoms with E-state index in [0.29, 0.717) is 40.8 Å². The summed E-state index contributed by atoms with van der Waals surface area (Å²) in [5, 5.41) is 3.90. The molecular formula is C33H40N2O5. The first-order valence-corrected chi connectivity index (χ1v) is 14.5. The molecule has 1 aromatic heterocycles. The van der Waals surface area contributed by atoms with E-state index in [9.17, 15) is 14.4 Å². The number of carbonyl (C=O) groups is 2. The largest absolute Gasteiger partial charge is 0.497 e. The van der Waals surface area contributed by atoms with Gasteiger partial charge in [0.05, 0.1) is 36.9 Å². The first-order valence-electron chi connectivity index (χ1n) is 14.5. The third-order valence-corrected chi connectivity index (χ3v) is 8.65. The van der Waals surface area contributed by atoms with Gasteiger partial charge in [0.25, 0.3) is 5.56 Å². The lowest BCUT2D eigenvalue weighted by Gasteiger charge is -2.48. The van der Waals surface area contributed by atoms with Gasteiger partial charge in [0, 0.05) is 5.39 Å². The zero-order chi connectivity index (χ0) is 28.4. The SMILES string of the molecule is CCCOC(=O)c1cc2c(NC(=O)C34CC(C)CC(CC(C)C3)C4)cccc2n(Cc2ccc(OC)cc2)c1=O. The lowest BCUT2D eigenvalue weighted by molar-refractivity contribution is -0.133. The Bertz CT molecular complexity index is 1440. The topological polar surface area (TPSA) is 86.6 Å². The second-order valence-corrected chi connectivity index (χ2v) is 12.1. The molecule has 5 rings (SSSR count). The summed E-state index contributed by atoms with van der Waals surface area (Å²) >= 11 is 0. The van der Waals surface area contributed by atoms with Crippen LogP contribution >= 0.6 is 0 Å². The average Bonchev–Trinajstić information content (AvgIpc) is 2.92. The fraction of sp³-hybridized carbons (Fsp3) is 0.485. The lowest BCUT2D eigenvalue weighted by Crippen LogP contribution is -2.47. The Balaban J connectivity index is 1.57. The minimum atomic E-state index is -0.651. The van der Waals surface area contributed by atoms with E-state index in [-0.39, 0.29) is 30.0 Å². The molecule has 7 heteroatoms. The molecule has 2 saturated carbocycles. The van der Waals surface area contributed by atoms with Crippen LogP contribution in [0.3, 0.4) is 0 Å². The fourth-order valence-electron chi connectivity index (χ4n) is 7.24. The first-order chi connectivity index (χ1) is 19.2. The Hall–Kier alpha value is -3.61. The highest BCUT2D eigenvalue weighted by Gasteiger charge is 2.49. The molecule has 1 heterocycles. The Labute approximate surface area is 235 Å². The van der Waals surface area contributed by atoms with Gasteiger partial charge in [0.2, 0.25) is 5.91 Å². The van der Waals surface area contributed by atoms with E-state index in [1.807, 2.05) is 49.4 Å². The molecule has 0 saturated heterocycles. The van der Waals surface area contributed by atoms with Crippen molar-refractivity contribution in [1.29, 1.82) is 0 Å². The smallest absolute Gasteiger partial charge is 0.343 e. The van der Waals surface area contributed by atoms with Gasteiger partial charge >= 0.3 is 5.97 Å². The van der Waals surface area contributed by atoms with Crippen molar-refractivity contribution in [3.05, 3.63) is 70.0 Å². The molecule has 2 aliphatic rings. The number of nitrogens with one attached hydrogen (secondary N) is 1. The van der Waals surface area contributed by atoms with Crippen LogP contribution in [0.25, 0.3) is 10.9 Å². The van der Waals surface area contributed by atoms with Gasteiger partial charge in [-0.05, 0) is 92.2 Å². The van der Waals surface area contributed by atoms with E-state index in [1.54, 1.807) is 17.7 Å². The van der Waals surface area contributed by atoms with Gasteiger partial charge < -0.3 is 19.4 Å². The number of nitrogens with zero attached hydrogens (tertiary/aromatic N) is 1. The molecule has 1 amide bonds. The third-order valence-electron chi connectivity index (χ3n) is 8.65. The number of esters is 1. The summed E-state index contributed by atoms with van der Waals surface area (Å²) in [7, 11) is 1.61. The van der Waals surface area contributed by atoms with Gasteiger partial charge in [0.1, 0.15) is 11.3 Å². The third kappa shape index (κ3) is 5.51. The number of methoxy groups -OCH3 is 1. The minimum absolute atomic E-state index is 0.0352. The zero-order valence-electron chi connectivity index (χ0n) is 24.0. The number of anilines is 1. The fourth-order valence-corrected chi connectivity index (χ4v) is 7.24. The molecule has 1 N–H and O–H groups in total. The summed E-state index contributed by atoms with van der Waals surface area (Å²) in [6, 6.07) is 14.6. The van der Waals surface area contributed by atoms with Crippen LogP contribution in [0.5, 0.6) is 5.75 Å². The normalized spacial score (nSPS) is 23.9. The number of pyridine rings is 1. The van der Waals surface area contributed by atoms with Crippen LogP contribution in [0, 0.1) is 23.2 Å². The van der Waals surface area contributed by atoms with E-state index in [0.717, 1.165) is 30.6 Å². The minimum Gasteiger partial charge on any atom is -0.497 e. The van der Waals surface area contributed by atoms with Crippen LogP contribution < -0.4 is 15.6 Å². The number of hydrogen-bond acceptors (Lipinski definition) is 5. The number of carbonyl (C=O) groups excluding carboxylic acids is 2. The van der Waals surface area contributed by atoms with Gasteiger partial charge in [-0.25, -0.2) is 4.79 Å². The predicted octanol–water partition coefficient (Wildman–Crippen LogP) is 6.42. The maximum atomic E-state index is 14.0. The summed E-state index contributed by atoms with van der Waals surface area (Å²) in [6.45, 7) is 6.91. The molecule has 0 aliphatic heterocycles. The Kier molecular flexibility index (Phi) is 8.02. The van der Waals surface area contributed by atoms with Gasteiger partial charge in [-0.2, -0.15) is 0 Å². The van der Waals surface area contributed by atoms with Crippen molar-refractivity contribution < 1.29 is 19.1 Å². The maximum Gasteiger partial charge on any atom is 0.343 e. The van der Waals surface area contributed by atoms with E-state index < -0.39 is 11.5 Å². The molecule has 0 spiro atoms. The van der Waals surface area contributed by atoms with Crippen LogP contribution in [-0.4, -0.2) is 30.2 Å². The van der Waals surface area contributed by atoms with Gasteiger partial charge in [-0.15, -0.1) is 0 Å². The molecule has 2 aliphatic carbocycles. The highest BCUT2D eigenvalue weighted by Crippen LogP contribution is 2.53. The van der Waals surface area contributed by atoms with Crippen molar-refractivity contribution in [2.24, 2.45) is 23.2 Å². The lowest BCUT2D eigenvalue weighted by atomic mass is 9.56. The molecule has 2 unspecified atom stereocenters. The molecule has 3 aromatic rings. The number of rotatable bonds is 8. The van der Waals surface area contributed by atoms with Crippen molar-refractivity contribution in [1.82, 2.24) is 4.57 Å². The van der Waals surface area contributed by atoms with Crippen LogP contribution in [0.4, 0.5) is 5.69 Å². The molecule has 2 atom stereocenters. The van der Waals surface area contributed by atoms with E-state index >= 15 is 0 Å². The quantitative estimate of drug-likeness (QED) is 0.331. The molecule has 40 heavy (non-hydrogen) atoms. The molecule has 212 valence electrons. The number of fused-ring (bicyclic) bond motifs is 3. The van der Waals surface area contributed by atoms with Crippen molar-refractivity contribution in [3.8, 4) is 5.75 Å². The van der Waals surface area contributed by atoms with Crippen LogP contribution in [-0.2, 0) is 16.1 Å². The summed E-state index contributed by atoms with van der Waals surface area (Å²) in [6.07, 6.45) is 5.74. The van der Waals surface area contributed by atoms with Crippen LogP contribution in [0.2, 0.25) is 0 Å². The summed E-state index contributed by atoms with van der Waals surface area (Å²) in [5.74, 6) is 1.73. The molecule has 0 radical (unpaired) electrons. The summed E-state index contributed by atoms with van der Waals surface area (Å²) in [4.78, 5) is 40.7. The standard InChI is InChI=1S/C33H40N2O5/c1-5-13-40-31(37)27-16-26-28(34-32(38)33-17-21(2)14-24(19-33)15-22(3)18-33)7-6-8-29(26)35(30(27)36)20-23-9-11-25(39-4)12-10-23/h6-12,16,21-22,24H,5,13-15,17-20H2,1-4H3,(H,34,38). The van der Waals surface area contributed by atoms with Gasteiger partial charge in [0.15, 0.2) is 0 Å². The van der Waals surface area contributed by atoms with E-state index in [2.05, 4.69) is 19.2 Å². The van der Waals surface area contributed by atoms with Crippen LogP contribution in [0.15, 0.2) is 53.3 Å². The number of ether oxygens (including phenoxy) is 2. The Morgan fingerprint density at radius 2 is 1.73 bits per heavy atom. The highest BCUT2D eigenvalue weighted by molar-refractivity contribution is 6.05. The second-order valence-electron chi connectivity index (χ2n) is 12.1. The highest BCUT2D eigenvalue weighted by atomic mass is 16.5. The summed E-state index contributed by atoms with van der Waals surface area (Å²) in [5.41, 5.74) is 1.30. The number of benzene rings is 2. The van der Waals surface area contributed by atoms with Crippen molar-refractivity contribution in [2.75, 3.05) is 19.0 Å². The molecule has 7 nitrogen and oxygen atoms in total. The van der Waals surface area contributed by atoms with Gasteiger partial charge in [-0.3, -0.25) is 9.59 Å². The Morgan fingerprint density at radius 3 is 2.38 bits per heavy atom.